The van der Waals surface area contributed by atoms with Crippen molar-refractivity contribution in [2.75, 3.05) is 13.1 Å². The standard InChI is InChI=1S/C25H25Br2NO/c26-23-16-19(17-28-14-5-2-6-15-28)12-13-24(23)29-18-21-10-7-11-22(25(21)27)20-8-3-1-4-9-20/h1,3-4,7-13,16H,2,5-6,14-15,17-18H2. The summed E-state index contributed by atoms with van der Waals surface area (Å²) in [5, 5.41) is 0. The minimum Gasteiger partial charge on any atom is -0.488 e. The molecule has 4 heteroatoms. The fourth-order valence-corrected chi connectivity index (χ4v) is 4.97. The molecule has 0 unspecified atom stereocenters. The molecule has 3 aromatic rings. The lowest BCUT2D eigenvalue weighted by molar-refractivity contribution is 0.220. The molecule has 0 amide bonds. The van der Waals surface area contributed by atoms with Gasteiger partial charge in [0.05, 0.1) is 4.47 Å². The van der Waals surface area contributed by atoms with E-state index in [9.17, 15) is 0 Å². The van der Waals surface area contributed by atoms with Gasteiger partial charge >= 0.3 is 0 Å². The fourth-order valence-electron chi connectivity index (χ4n) is 3.82. The van der Waals surface area contributed by atoms with Gasteiger partial charge in [-0.25, -0.2) is 0 Å². The molecule has 4 rings (SSSR count). The molecule has 1 aliphatic rings. The number of likely N-dealkylation sites (tertiary alicyclic amines) is 1. The van der Waals surface area contributed by atoms with Gasteiger partial charge in [-0.3, -0.25) is 4.90 Å². The normalized spacial score (nSPS) is 14.7. The molecule has 0 bridgehead atoms. The molecule has 0 radical (unpaired) electrons. The van der Waals surface area contributed by atoms with Crippen molar-refractivity contribution in [2.45, 2.75) is 32.4 Å². The van der Waals surface area contributed by atoms with Crippen LogP contribution in [-0.4, -0.2) is 18.0 Å². The first-order chi connectivity index (χ1) is 14.2. The third kappa shape index (κ3) is 5.30. The predicted octanol–water partition coefficient (Wildman–Crippen LogP) is 7.44. The van der Waals surface area contributed by atoms with E-state index < -0.39 is 0 Å². The van der Waals surface area contributed by atoms with Crippen molar-refractivity contribution in [1.82, 2.24) is 4.90 Å². The molecule has 1 fully saturated rings. The molecule has 0 N–H and O–H groups in total. The van der Waals surface area contributed by atoms with Crippen molar-refractivity contribution >= 4 is 31.9 Å². The van der Waals surface area contributed by atoms with Crippen LogP contribution in [0.5, 0.6) is 5.75 Å². The number of benzene rings is 3. The van der Waals surface area contributed by atoms with Gasteiger partial charge in [0, 0.05) is 16.6 Å². The maximum atomic E-state index is 6.15. The Morgan fingerprint density at radius 1 is 0.828 bits per heavy atom. The van der Waals surface area contributed by atoms with Gasteiger partial charge in [-0.1, -0.05) is 61.0 Å². The summed E-state index contributed by atoms with van der Waals surface area (Å²) < 4.78 is 8.25. The van der Waals surface area contributed by atoms with Crippen molar-refractivity contribution in [3.05, 3.63) is 86.8 Å². The van der Waals surface area contributed by atoms with Crippen LogP contribution in [0.4, 0.5) is 0 Å². The highest BCUT2D eigenvalue weighted by Crippen LogP contribution is 2.33. The molecule has 150 valence electrons. The van der Waals surface area contributed by atoms with Gasteiger partial charge in [0.25, 0.3) is 0 Å². The number of nitrogens with zero attached hydrogens (tertiary/aromatic N) is 1. The summed E-state index contributed by atoms with van der Waals surface area (Å²) in [5.74, 6) is 0.879. The smallest absolute Gasteiger partial charge is 0.134 e. The van der Waals surface area contributed by atoms with E-state index in [1.807, 2.05) is 6.07 Å². The van der Waals surface area contributed by atoms with Crippen LogP contribution in [0.3, 0.4) is 0 Å². The van der Waals surface area contributed by atoms with Crippen molar-refractivity contribution in [1.29, 1.82) is 0 Å². The highest BCUT2D eigenvalue weighted by molar-refractivity contribution is 9.11. The summed E-state index contributed by atoms with van der Waals surface area (Å²) in [5.41, 5.74) is 4.85. The fraction of sp³-hybridized carbons (Fsp3) is 0.280. The quantitative estimate of drug-likeness (QED) is 0.338. The Hall–Kier alpha value is -1.62. The van der Waals surface area contributed by atoms with E-state index in [0.717, 1.165) is 26.8 Å². The monoisotopic (exact) mass is 513 g/mol. The molecule has 1 aliphatic heterocycles. The second-order valence-corrected chi connectivity index (χ2v) is 9.18. The average molecular weight is 515 g/mol. The van der Waals surface area contributed by atoms with Crippen LogP contribution < -0.4 is 4.74 Å². The van der Waals surface area contributed by atoms with Gasteiger partial charge in [0.1, 0.15) is 12.4 Å². The number of hydrogen-bond donors (Lipinski definition) is 0. The first-order valence-corrected chi connectivity index (χ1v) is 11.8. The average Bonchev–Trinajstić information content (AvgIpc) is 2.75. The van der Waals surface area contributed by atoms with E-state index in [4.69, 9.17) is 4.74 Å². The molecule has 2 nitrogen and oxygen atoms in total. The van der Waals surface area contributed by atoms with Crippen molar-refractivity contribution < 1.29 is 4.74 Å². The van der Waals surface area contributed by atoms with Gasteiger partial charge in [0.2, 0.25) is 0 Å². The lowest BCUT2D eigenvalue weighted by atomic mass is 10.0. The molecular formula is C25H25Br2NO. The second kappa shape index (κ2) is 9.92. The lowest BCUT2D eigenvalue weighted by Gasteiger charge is -2.26. The number of hydrogen-bond acceptors (Lipinski definition) is 2. The first-order valence-electron chi connectivity index (χ1n) is 10.2. The predicted molar refractivity (Wildman–Crippen MR) is 127 cm³/mol. The maximum Gasteiger partial charge on any atom is 0.134 e. The van der Waals surface area contributed by atoms with Gasteiger partial charge in [0.15, 0.2) is 0 Å². The Kier molecular flexibility index (Phi) is 7.06. The summed E-state index contributed by atoms with van der Waals surface area (Å²) >= 11 is 7.48. The minimum absolute atomic E-state index is 0.519. The molecule has 0 atom stereocenters. The van der Waals surface area contributed by atoms with E-state index in [1.54, 1.807) is 0 Å². The van der Waals surface area contributed by atoms with E-state index in [1.165, 1.54) is 49.0 Å². The molecule has 3 aromatic carbocycles. The summed E-state index contributed by atoms with van der Waals surface area (Å²) in [7, 11) is 0. The van der Waals surface area contributed by atoms with Gasteiger partial charge in [-0.15, -0.1) is 0 Å². The van der Waals surface area contributed by atoms with Crippen LogP contribution in [0.25, 0.3) is 11.1 Å². The zero-order valence-electron chi connectivity index (χ0n) is 16.4. The Morgan fingerprint density at radius 2 is 1.62 bits per heavy atom. The SMILES string of the molecule is Brc1cc(CN2CCCCC2)ccc1OCc1cccc(-c2ccccc2)c1Br. The number of piperidine rings is 1. The van der Waals surface area contributed by atoms with Crippen LogP contribution in [0.15, 0.2) is 75.7 Å². The molecule has 0 saturated carbocycles. The number of halogens is 2. The minimum atomic E-state index is 0.519. The van der Waals surface area contributed by atoms with Crippen molar-refractivity contribution in [3.63, 3.8) is 0 Å². The molecule has 0 spiro atoms. The van der Waals surface area contributed by atoms with Crippen LogP contribution in [0, 0.1) is 0 Å². The van der Waals surface area contributed by atoms with E-state index in [-0.39, 0.29) is 0 Å². The van der Waals surface area contributed by atoms with Crippen LogP contribution in [0.1, 0.15) is 30.4 Å². The van der Waals surface area contributed by atoms with Crippen LogP contribution in [0.2, 0.25) is 0 Å². The third-order valence-electron chi connectivity index (χ3n) is 5.40. The number of rotatable bonds is 6. The molecule has 0 aliphatic carbocycles. The second-order valence-electron chi connectivity index (χ2n) is 7.53. The summed E-state index contributed by atoms with van der Waals surface area (Å²) in [6, 6.07) is 23.2. The Bertz CT molecular complexity index is 952. The maximum absolute atomic E-state index is 6.15. The van der Waals surface area contributed by atoms with E-state index in [0.29, 0.717) is 6.61 Å². The van der Waals surface area contributed by atoms with Gasteiger partial charge < -0.3 is 4.74 Å². The Morgan fingerprint density at radius 3 is 2.38 bits per heavy atom. The zero-order valence-corrected chi connectivity index (χ0v) is 19.6. The lowest BCUT2D eigenvalue weighted by Crippen LogP contribution is -2.29. The summed E-state index contributed by atoms with van der Waals surface area (Å²) in [6.07, 6.45) is 4.01. The van der Waals surface area contributed by atoms with Crippen molar-refractivity contribution in [3.8, 4) is 16.9 Å². The molecule has 29 heavy (non-hydrogen) atoms. The van der Waals surface area contributed by atoms with Crippen LogP contribution >= 0.6 is 31.9 Å². The Labute approximate surface area is 190 Å². The molecular weight excluding hydrogens is 490 g/mol. The molecule has 0 aromatic heterocycles. The molecule has 1 saturated heterocycles. The Balaban J connectivity index is 1.44. The highest BCUT2D eigenvalue weighted by Gasteiger charge is 2.12. The number of ether oxygens (including phenoxy) is 1. The largest absolute Gasteiger partial charge is 0.488 e. The summed E-state index contributed by atoms with van der Waals surface area (Å²) in [4.78, 5) is 2.54. The van der Waals surface area contributed by atoms with Gasteiger partial charge in [-0.2, -0.15) is 0 Å². The molecule has 1 heterocycles. The van der Waals surface area contributed by atoms with E-state index >= 15 is 0 Å². The zero-order chi connectivity index (χ0) is 20.1. The highest BCUT2D eigenvalue weighted by atomic mass is 79.9. The third-order valence-corrected chi connectivity index (χ3v) is 6.95. The van der Waals surface area contributed by atoms with E-state index in [2.05, 4.69) is 97.4 Å². The van der Waals surface area contributed by atoms with Crippen molar-refractivity contribution in [2.24, 2.45) is 0 Å². The van der Waals surface area contributed by atoms with Gasteiger partial charge in [-0.05, 0) is 86.6 Å². The summed E-state index contributed by atoms with van der Waals surface area (Å²) in [6.45, 7) is 3.96. The van der Waals surface area contributed by atoms with Crippen LogP contribution in [-0.2, 0) is 13.2 Å². The first kappa shape index (κ1) is 20.6. The topological polar surface area (TPSA) is 12.5 Å².